The van der Waals surface area contributed by atoms with Crippen LogP contribution in [0.5, 0.6) is 0 Å². The number of nitrogens with zero attached hydrogens (tertiary/aromatic N) is 4. The van der Waals surface area contributed by atoms with Crippen molar-refractivity contribution in [3.05, 3.63) is 12.5 Å². The van der Waals surface area contributed by atoms with Crippen molar-refractivity contribution < 1.29 is 21.9 Å². The van der Waals surface area contributed by atoms with Crippen LogP contribution in [0.4, 0.5) is 14.6 Å². The average Bonchev–Trinajstić information content (AvgIpc) is 3.04. The quantitative estimate of drug-likeness (QED) is 0.807. The Labute approximate surface area is 143 Å². The Morgan fingerprint density at radius 2 is 2.20 bits per heavy atom. The van der Waals surface area contributed by atoms with Crippen molar-refractivity contribution in [2.24, 2.45) is 0 Å². The van der Waals surface area contributed by atoms with E-state index in [9.17, 15) is 17.2 Å². The lowest BCUT2D eigenvalue weighted by Gasteiger charge is -2.26. The van der Waals surface area contributed by atoms with Crippen molar-refractivity contribution in [1.82, 2.24) is 19.7 Å². The van der Waals surface area contributed by atoms with Crippen molar-refractivity contribution in [2.45, 2.75) is 31.4 Å². The Morgan fingerprint density at radius 1 is 1.44 bits per heavy atom. The number of anilines is 1. The molecule has 0 aromatic carbocycles. The van der Waals surface area contributed by atoms with Crippen LogP contribution in [0.15, 0.2) is 12.5 Å². The van der Waals surface area contributed by atoms with Crippen molar-refractivity contribution in [1.29, 1.82) is 0 Å². The molecule has 1 saturated heterocycles. The van der Waals surface area contributed by atoms with E-state index in [1.165, 1.54) is 19.6 Å². The van der Waals surface area contributed by atoms with Gasteiger partial charge in [-0.15, -0.1) is 0 Å². The third-order valence-corrected chi connectivity index (χ3v) is 5.96. The zero-order valence-corrected chi connectivity index (χ0v) is 14.7. The van der Waals surface area contributed by atoms with E-state index in [0.717, 1.165) is 11.6 Å². The zero-order chi connectivity index (χ0) is 18.3. The fraction of sp³-hybridized carbons (Fsp3) is 0.643. The number of aromatic nitrogens is 4. The smallest absolute Gasteiger partial charge is 0.264 e. The number of hydrogen-bond donors (Lipinski definition) is 1. The molecule has 1 atom stereocenters. The second kappa shape index (κ2) is 6.13. The normalized spacial score (nSPS) is 23.2. The number of fused-ring (bicyclic) bond motifs is 1. The molecule has 25 heavy (non-hydrogen) atoms. The molecule has 8 nitrogen and oxygen atoms in total. The first-order valence-electron chi connectivity index (χ1n) is 7.67. The van der Waals surface area contributed by atoms with Crippen LogP contribution in [0.25, 0.3) is 11.0 Å². The summed E-state index contributed by atoms with van der Waals surface area (Å²) >= 11 is 0. The maximum absolute atomic E-state index is 13.2. The third kappa shape index (κ3) is 4.03. The fourth-order valence-corrected chi connectivity index (χ4v) is 4.89. The van der Waals surface area contributed by atoms with E-state index in [1.807, 2.05) is 0 Å². The lowest BCUT2D eigenvalue weighted by molar-refractivity contribution is 0.000770. The van der Waals surface area contributed by atoms with Gasteiger partial charge in [0.15, 0.2) is 15.5 Å². The molecule has 138 valence electrons. The lowest BCUT2D eigenvalue weighted by atomic mass is 10.0. The van der Waals surface area contributed by atoms with Crippen LogP contribution < -0.4 is 5.32 Å². The molecule has 1 N–H and O–H groups in total. The summed E-state index contributed by atoms with van der Waals surface area (Å²) in [6.07, 6.45) is 3.10. The van der Waals surface area contributed by atoms with E-state index in [1.54, 1.807) is 0 Å². The topological polar surface area (TPSA) is 99.0 Å². The van der Waals surface area contributed by atoms with Crippen molar-refractivity contribution in [3.8, 4) is 0 Å². The van der Waals surface area contributed by atoms with Crippen molar-refractivity contribution in [3.63, 3.8) is 0 Å². The van der Waals surface area contributed by atoms with Crippen molar-refractivity contribution >= 4 is 26.7 Å². The standard InChI is InChI=1S/C14H19F2N5O3S/c1-13(15,16)7-21-5-10-11(18-9-19-12(10)20-21)17-6-14(24-2)3-4-25(22,23)8-14/h5,9H,3-4,6-8H2,1-2H3,(H,17,18,19,20). The van der Waals surface area contributed by atoms with E-state index < -0.39 is 27.9 Å². The summed E-state index contributed by atoms with van der Waals surface area (Å²) in [7, 11) is -1.65. The van der Waals surface area contributed by atoms with Gasteiger partial charge in [-0.3, -0.25) is 4.68 Å². The molecule has 0 spiro atoms. The van der Waals surface area contributed by atoms with E-state index >= 15 is 0 Å². The van der Waals surface area contributed by atoms with Gasteiger partial charge in [0.25, 0.3) is 5.92 Å². The van der Waals surface area contributed by atoms with Gasteiger partial charge in [-0.25, -0.2) is 27.2 Å². The highest BCUT2D eigenvalue weighted by atomic mass is 32.2. The van der Waals surface area contributed by atoms with Crippen LogP contribution in [0.3, 0.4) is 0 Å². The van der Waals surface area contributed by atoms with Gasteiger partial charge in [0.1, 0.15) is 18.7 Å². The van der Waals surface area contributed by atoms with Gasteiger partial charge in [0, 0.05) is 26.8 Å². The highest BCUT2D eigenvalue weighted by molar-refractivity contribution is 7.91. The van der Waals surface area contributed by atoms with Crippen LogP contribution in [0.2, 0.25) is 0 Å². The minimum absolute atomic E-state index is 0.0704. The minimum atomic E-state index is -3.13. The Morgan fingerprint density at radius 3 is 2.80 bits per heavy atom. The molecule has 1 aliphatic rings. The Kier molecular flexibility index (Phi) is 4.40. The first-order valence-corrected chi connectivity index (χ1v) is 9.49. The number of nitrogens with one attached hydrogen (secondary N) is 1. The number of sulfone groups is 1. The SMILES string of the molecule is COC1(CNc2ncnc3nn(CC(C)(F)F)cc23)CCS(=O)(=O)C1. The molecule has 11 heteroatoms. The molecule has 2 aromatic rings. The third-order valence-electron chi connectivity index (χ3n) is 4.17. The summed E-state index contributed by atoms with van der Waals surface area (Å²) in [4.78, 5) is 8.09. The zero-order valence-electron chi connectivity index (χ0n) is 13.9. The van der Waals surface area contributed by atoms with Gasteiger partial charge in [-0.2, -0.15) is 5.10 Å². The lowest BCUT2D eigenvalue weighted by Crippen LogP contribution is -2.40. The highest BCUT2D eigenvalue weighted by Crippen LogP contribution is 2.28. The molecule has 0 amide bonds. The Bertz CT molecular complexity index is 880. The largest absolute Gasteiger partial charge is 0.375 e. The summed E-state index contributed by atoms with van der Waals surface area (Å²) in [6, 6.07) is 0. The van der Waals surface area contributed by atoms with E-state index in [4.69, 9.17) is 4.74 Å². The van der Waals surface area contributed by atoms with Gasteiger partial charge in [-0.1, -0.05) is 0 Å². The molecule has 0 aliphatic carbocycles. The average molecular weight is 375 g/mol. The van der Waals surface area contributed by atoms with E-state index in [2.05, 4.69) is 20.4 Å². The van der Waals surface area contributed by atoms with Gasteiger partial charge in [0.2, 0.25) is 0 Å². The predicted octanol–water partition coefficient (Wildman–Crippen LogP) is 1.10. The van der Waals surface area contributed by atoms with Crippen LogP contribution in [-0.4, -0.2) is 64.9 Å². The van der Waals surface area contributed by atoms with Crippen LogP contribution in [0, 0.1) is 0 Å². The molecular formula is C14H19F2N5O3S. The number of halogens is 2. The number of methoxy groups -OCH3 is 1. The first-order chi connectivity index (χ1) is 11.6. The number of hydrogen-bond acceptors (Lipinski definition) is 7. The molecule has 0 radical (unpaired) electrons. The first kappa shape index (κ1) is 17.9. The minimum Gasteiger partial charge on any atom is -0.375 e. The maximum Gasteiger partial charge on any atom is 0.264 e. The molecule has 1 fully saturated rings. The van der Waals surface area contributed by atoms with Crippen LogP contribution in [-0.2, 0) is 21.1 Å². The Hall–Kier alpha value is -1.88. The van der Waals surface area contributed by atoms with Gasteiger partial charge in [-0.05, 0) is 6.42 Å². The predicted molar refractivity (Wildman–Crippen MR) is 87.4 cm³/mol. The number of rotatable bonds is 6. The highest BCUT2D eigenvalue weighted by Gasteiger charge is 2.42. The maximum atomic E-state index is 13.2. The fourth-order valence-electron chi connectivity index (χ4n) is 2.89. The van der Waals surface area contributed by atoms with E-state index in [-0.39, 0.29) is 23.7 Å². The molecule has 3 rings (SSSR count). The summed E-state index contributed by atoms with van der Waals surface area (Å²) in [5, 5.41) is 7.56. The Balaban J connectivity index is 1.82. The summed E-state index contributed by atoms with van der Waals surface area (Å²) in [5.74, 6) is -2.50. The van der Waals surface area contributed by atoms with Gasteiger partial charge in [0.05, 0.1) is 22.5 Å². The monoisotopic (exact) mass is 375 g/mol. The molecular weight excluding hydrogens is 356 g/mol. The number of alkyl halides is 2. The summed E-state index contributed by atoms with van der Waals surface area (Å²) in [5.41, 5.74) is -0.546. The van der Waals surface area contributed by atoms with Gasteiger partial charge >= 0.3 is 0 Å². The summed E-state index contributed by atoms with van der Waals surface area (Å²) < 4.78 is 56.4. The van der Waals surface area contributed by atoms with Crippen LogP contribution >= 0.6 is 0 Å². The summed E-state index contributed by atoms with van der Waals surface area (Å²) in [6.45, 7) is 0.472. The molecule has 3 heterocycles. The molecule has 1 unspecified atom stereocenters. The molecule has 0 bridgehead atoms. The molecule has 1 aliphatic heterocycles. The van der Waals surface area contributed by atoms with Crippen molar-refractivity contribution in [2.75, 3.05) is 30.5 Å². The van der Waals surface area contributed by atoms with Crippen LogP contribution in [0.1, 0.15) is 13.3 Å². The number of ether oxygens (including phenoxy) is 1. The van der Waals surface area contributed by atoms with Gasteiger partial charge < -0.3 is 10.1 Å². The second-order valence-corrected chi connectivity index (χ2v) is 8.62. The second-order valence-electron chi connectivity index (χ2n) is 6.44. The molecule has 2 aromatic heterocycles. The van der Waals surface area contributed by atoms with E-state index in [0.29, 0.717) is 17.6 Å². The molecule has 0 saturated carbocycles.